The van der Waals surface area contributed by atoms with Gasteiger partial charge in [-0.25, -0.2) is 4.79 Å². The molecule has 1 aliphatic rings. The molecular weight excluding hydrogens is 279 g/mol. The number of nitrogens with one attached hydrogen (secondary N) is 1. The lowest BCUT2D eigenvalue weighted by Gasteiger charge is -2.27. The summed E-state index contributed by atoms with van der Waals surface area (Å²) in [5.74, 6) is -2.63. The lowest BCUT2D eigenvalue weighted by molar-refractivity contribution is -0.186. The Bertz CT molecular complexity index is 539. The van der Waals surface area contributed by atoms with Gasteiger partial charge in [0.2, 0.25) is 0 Å². The minimum atomic E-state index is -4.93. The Morgan fingerprint density at radius 1 is 1.45 bits per heavy atom. The van der Waals surface area contributed by atoms with Gasteiger partial charge >= 0.3 is 18.1 Å². The highest BCUT2D eigenvalue weighted by molar-refractivity contribution is 5.89. The van der Waals surface area contributed by atoms with Gasteiger partial charge in [0.05, 0.1) is 13.2 Å². The number of hydrogen-bond donors (Lipinski definition) is 1. The second-order valence-electron chi connectivity index (χ2n) is 4.22. The fourth-order valence-corrected chi connectivity index (χ4v) is 2.02. The van der Waals surface area contributed by atoms with Crippen LogP contribution in [0.5, 0.6) is 0 Å². The van der Waals surface area contributed by atoms with Crippen molar-refractivity contribution in [3.63, 3.8) is 0 Å². The Morgan fingerprint density at radius 2 is 2.15 bits per heavy atom. The van der Waals surface area contributed by atoms with E-state index in [2.05, 4.69) is 10.2 Å². The van der Waals surface area contributed by atoms with Crippen LogP contribution in [-0.4, -0.2) is 46.3 Å². The molecule has 110 valence electrons. The van der Waals surface area contributed by atoms with Crippen molar-refractivity contribution in [3.8, 4) is 0 Å². The number of rotatable bonds is 2. The first-order chi connectivity index (χ1) is 9.34. The number of halogens is 3. The third kappa shape index (κ3) is 2.61. The molecule has 0 radical (unpaired) electrons. The number of esters is 1. The number of H-pyrrole nitrogens is 1. The van der Waals surface area contributed by atoms with Gasteiger partial charge in [0, 0.05) is 24.2 Å². The van der Waals surface area contributed by atoms with E-state index in [-0.39, 0.29) is 37.4 Å². The van der Waals surface area contributed by atoms with E-state index in [0.717, 1.165) is 0 Å². The van der Waals surface area contributed by atoms with Gasteiger partial charge in [-0.05, 0) is 6.92 Å². The maximum Gasteiger partial charge on any atom is 0.471 e. The molecule has 1 aliphatic heterocycles. The van der Waals surface area contributed by atoms with Crippen molar-refractivity contribution in [2.75, 3.05) is 13.2 Å². The van der Waals surface area contributed by atoms with Crippen LogP contribution in [0.1, 0.15) is 28.7 Å². The highest BCUT2D eigenvalue weighted by atomic mass is 19.4. The molecule has 0 aliphatic carbocycles. The van der Waals surface area contributed by atoms with E-state index >= 15 is 0 Å². The predicted octanol–water partition coefficient (Wildman–Crippen LogP) is 1.03. The van der Waals surface area contributed by atoms with E-state index < -0.39 is 18.1 Å². The lowest BCUT2D eigenvalue weighted by Crippen LogP contribution is -2.43. The predicted molar refractivity (Wildman–Crippen MR) is 59.7 cm³/mol. The smallest absolute Gasteiger partial charge is 0.461 e. The summed E-state index contributed by atoms with van der Waals surface area (Å²) >= 11 is 0. The van der Waals surface area contributed by atoms with Crippen LogP contribution in [0.15, 0.2) is 0 Å². The number of aromatic nitrogens is 2. The van der Waals surface area contributed by atoms with Crippen LogP contribution >= 0.6 is 0 Å². The van der Waals surface area contributed by atoms with E-state index in [4.69, 9.17) is 4.74 Å². The Labute approximate surface area is 111 Å². The van der Waals surface area contributed by atoms with Gasteiger partial charge in [0.1, 0.15) is 0 Å². The monoisotopic (exact) mass is 291 g/mol. The fourth-order valence-electron chi connectivity index (χ4n) is 2.02. The molecule has 0 spiro atoms. The molecule has 20 heavy (non-hydrogen) atoms. The van der Waals surface area contributed by atoms with Crippen molar-refractivity contribution in [1.29, 1.82) is 0 Å². The topological polar surface area (TPSA) is 75.3 Å². The molecule has 1 aromatic heterocycles. The molecule has 1 aromatic rings. The standard InChI is InChI=1S/C11H12F3N3O3/c1-2-20-9(18)8-6-5-17(10(19)11(12,13)14)4-3-7(6)15-16-8/h2-5H2,1H3,(H,15,16). The van der Waals surface area contributed by atoms with Crippen LogP contribution in [0.3, 0.4) is 0 Å². The molecule has 1 amide bonds. The summed E-state index contributed by atoms with van der Waals surface area (Å²) in [5.41, 5.74) is 0.771. The van der Waals surface area contributed by atoms with Gasteiger partial charge in [-0.3, -0.25) is 9.89 Å². The van der Waals surface area contributed by atoms with E-state index in [0.29, 0.717) is 10.6 Å². The van der Waals surface area contributed by atoms with Crippen LogP contribution in [-0.2, 0) is 22.5 Å². The van der Waals surface area contributed by atoms with E-state index in [9.17, 15) is 22.8 Å². The zero-order valence-corrected chi connectivity index (χ0v) is 10.6. The zero-order chi connectivity index (χ0) is 14.9. The Balaban J connectivity index is 2.22. The van der Waals surface area contributed by atoms with E-state index in [1.807, 2.05) is 0 Å². The molecule has 0 saturated carbocycles. The molecule has 0 fully saturated rings. The molecule has 9 heteroatoms. The third-order valence-corrected chi connectivity index (χ3v) is 2.93. The van der Waals surface area contributed by atoms with Crippen molar-refractivity contribution < 1.29 is 27.5 Å². The normalized spacial score (nSPS) is 14.9. The quantitative estimate of drug-likeness (QED) is 0.826. The minimum Gasteiger partial charge on any atom is -0.461 e. The number of aromatic amines is 1. The fraction of sp³-hybridized carbons (Fsp3) is 0.545. The van der Waals surface area contributed by atoms with Crippen molar-refractivity contribution in [2.45, 2.75) is 26.1 Å². The van der Waals surface area contributed by atoms with E-state index in [1.165, 1.54) is 0 Å². The number of carbonyl (C=O) groups is 2. The van der Waals surface area contributed by atoms with Crippen molar-refractivity contribution in [2.24, 2.45) is 0 Å². The average Bonchev–Trinajstić information content (AvgIpc) is 2.79. The maximum atomic E-state index is 12.4. The SMILES string of the molecule is CCOC(=O)c1n[nH]c2c1CN(C(=O)C(F)(F)F)CC2. The first-order valence-corrected chi connectivity index (χ1v) is 5.94. The highest BCUT2D eigenvalue weighted by Crippen LogP contribution is 2.25. The van der Waals surface area contributed by atoms with Crippen molar-refractivity contribution in [3.05, 3.63) is 17.0 Å². The lowest BCUT2D eigenvalue weighted by atomic mass is 10.1. The van der Waals surface area contributed by atoms with Gasteiger partial charge in [-0.2, -0.15) is 18.3 Å². The highest BCUT2D eigenvalue weighted by Gasteiger charge is 2.44. The maximum absolute atomic E-state index is 12.4. The molecule has 0 bridgehead atoms. The average molecular weight is 291 g/mol. The van der Waals surface area contributed by atoms with Crippen molar-refractivity contribution in [1.82, 2.24) is 15.1 Å². The van der Waals surface area contributed by atoms with Crippen molar-refractivity contribution >= 4 is 11.9 Å². The van der Waals surface area contributed by atoms with Crippen LogP contribution in [0.25, 0.3) is 0 Å². The van der Waals surface area contributed by atoms with Gasteiger partial charge in [0.15, 0.2) is 5.69 Å². The number of carbonyl (C=O) groups excluding carboxylic acids is 2. The first kappa shape index (κ1) is 14.4. The summed E-state index contributed by atoms with van der Waals surface area (Å²) in [4.78, 5) is 23.5. The second kappa shape index (κ2) is 5.14. The molecule has 0 atom stereocenters. The number of ether oxygens (including phenoxy) is 1. The molecular formula is C11H12F3N3O3. The summed E-state index contributed by atoms with van der Waals surface area (Å²) in [7, 11) is 0. The van der Waals surface area contributed by atoms with E-state index in [1.54, 1.807) is 6.92 Å². The minimum absolute atomic E-state index is 0.0680. The Hall–Kier alpha value is -2.06. The Kier molecular flexibility index (Phi) is 3.69. The van der Waals surface area contributed by atoms with Crippen LogP contribution in [0.2, 0.25) is 0 Å². The van der Waals surface area contributed by atoms with Gasteiger partial charge in [0.25, 0.3) is 0 Å². The molecule has 0 unspecified atom stereocenters. The van der Waals surface area contributed by atoms with Gasteiger partial charge < -0.3 is 9.64 Å². The second-order valence-corrected chi connectivity index (χ2v) is 4.22. The number of fused-ring (bicyclic) bond motifs is 1. The third-order valence-electron chi connectivity index (χ3n) is 2.93. The number of hydrogen-bond acceptors (Lipinski definition) is 4. The molecule has 2 heterocycles. The molecule has 2 rings (SSSR count). The van der Waals surface area contributed by atoms with Crippen LogP contribution in [0.4, 0.5) is 13.2 Å². The first-order valence-electron chi connectivity index (χ1n) is 5.94. The van der Waals surface area contributed by atoms with Gasteiger partial charge in [-0.1, -0.05) is 0 Å². The number of alkyl halides is 3. The Morgan fingerprint density at radius 3 is 2.75 bits per heavy atom. The molecule has 0 aromatic carbocycles. The summed E-state index contributed by atoms with van der Waals surface area (Å²) < 4.78 is 42.0. The van der Waals surface area contributed by atoms with Crippen LogP contribution < -0.4 is 0 Å². The summed E-state index contributed by atoms with van der Waals surface area (Å²) in [6.45, 7) is 1.36. The number of amides is 1. The molecule has 1 N–H and O–H groups in total. The summed E-state index contributed by atoms with van der Waals surface area (Å²) in [6.07, 6.45) is -4.74. The van der Waals surface area contributed by atoms with Crippen LogP contribution in [0, 0.1) is 0 Å². The summed E-state index contributed by atoms with van der Waals surface area (Å²) in [5, 5.41) is 6.35. The van der Waals surface area contributed by atoms with Gasteiger partial charge in [-0.15, -0.1) is 0 Å². The molecule has 0 saturated heterocycles. The summed E-state index contributed by atoms with van der Waals surface area (Å²) in [6, 6.07) is 0. The zero-order valence-electron chi connectivity index (χ0n) is 10.6. The molecule has 6 nitrogen and oxygen atoms in total. The number of nitrogens with zero attached hydrogens (tertiary/aromatic N) is 2. The largest absolute Gasteiger partial charge is 0.471 e.